The molecule has 4 rings (SSSR count). The van der Waals surface area contributed by atoms with Gasteiger partial charge in [-0.25, -0.2) is 4.98 Å². The Hall–Kier alpha value is -2.54. The van der Waals surface area contributed by atoms with E-state index < -0.39 is 5.91 Å². The SMILES string of the molecule is Cc1cc2cc(NC(=O)c3cnc4n(c3=O)CCS4)ccc2[nH]1. The van der Waals surface area contributed by atoms with Gasteiger partial charge in [0.2, 0.25) is 0 Å². The van der Waals surface area contributed by atoms with Gasteiger partial charge in [0.25, 0.3) is 11.5 Å². The highest BCUT2D eigenvalue weighted by atomic mass is 32.2. The molecule has 3 heterocycles. The maximum absolute atomic E-state index is 12.4. The van der Waals surface area contributed by atoms with E-state index in [-0.39, 0.29) is 11.1 Å². The van der Waals surface area contributed by atoms with Gasteiger partial charge in [-0.3, -0.25) is 14.2 Å². The molecule has 2 N–H and O–H groups in total. The smallest absolute Gasteiger partial charge is 0.267 e. The zero-order chi connectivity index (χ0) is 16.0. The maximum Gasteiger partial charge on any atom is 0.267 e. The fraction of sp³-hybridized carbons (Fsp3) is 0.188. The Bertz CT molecular complexity index is 989. The zero-order valence-corrected chi connectivity index (χ0v) is 13.2. The molecule has 6 nitrogen and oxygen atoms in total. The first-order valence-electron chi connectivity index (χ1n) is 7.25. The molecule has 1 aromatic carbocycles. The second-order valence-electron chi connectivity index (χ2n) is 5.47. The summed E-state index contributed by atoms with van der Waals surface area (Å²) in [6.45, 7) is 2.58. The van der Waals surface area contributed by atoms with Crippen molar-refractivity contribution in [1.29, 1.82) is 0 Å². The average molecular weight is 326 g/mol. The molecule has 0 fully saturated rings. The lowest BCUT2D eigenvalue weighted by Crippen LogP contribution is -2.29. The van der Waals surface area contributed by atoms with Gasteiger partial charge in [0.1, 0.15) is 5.56 Å². The molecule has 7 heteroatoms. The van der Waals surface area contributed by atoms with Gasteiger partial charge in [-0.1, -0.05) is 11.8 Å². The summed E-state index contributed by atoms with van der Waals surface area (Å²) in [7, 11) is 0. The zero-order valence-electron chi connectivity index (χ0n) is 12.4. The third-order valence-corrected chi connectivity index (χ3v) is 4.79. The number of anilines is 1. The number of carbonyl (C=O) groups excluding carboxylic acids is 1. The van der Waals surface area contributed by atoms with Gasteiger partial charge < -0.3 is 10.3 Å². The molecule has 0 bridgehead atoms. The monoisotopic (exact) mass is 326 g/mol. The number of rotatable bonds is 2. The van der Waals surface area contributed by atoms with Crippen LogP contribution in [0.1, 0.15) is 16.1 Å². The van der Waals surface area contributed by atoms with Crippen LogP contribution >= 0.6 is 11.8 Å². The van der Waals surface area contributed by atoms with Crippen LogP contribution < -0.4 is 10.9 Å². The molecule has 116 valence electrons. The van der Waals surface area contributed by atoms with Crippen molar-refractivity contribution >= 4 is 34.3 Å². The molecule has 0 aliphatic carbocycles. The number of aromatic amines is 1. The largest absolute Gasteiger partial charge is 0.359 e. The van der Waals surface area contributed by atoms with Crippen molar-refractivity contribution < 1.29 is 4.79 Å². The summed E-state index contributed by atoms with van der Waals surface area (Å²) in [4.78, 5) is 32.2. The highest BCUT2D eigenvalue weighted by Gasteiger charge is 2.20. The molecular formula is C16H14N4O2S. The average Bonchev–Trinajstić information content (AvgIpc) is 3.12. The second-order valence-corrected chi connectivity index (χ2v) is 6.53. The van der Waals surface area contributed by atoms with Crippen LogP contribution in [0.15, 0.2) is 40.4 Å². The van der Waals surface area contributed by atoms with Crippen molar-refractivity contribution in [2.24, 2.45) is 0 Å². The standard InChI is InChI=1S/C16H14N4O2S/c1-9-6-10-7-11(2-3-13(10)18-9)19-14(21)12-8-17-16-20(15(12)22)4-5-23-16/h2-3,6-8,18H,4-5H2,1H3,(H,19,21). The van der Waals surface area contributed by atoms with E-state index in [2.05, 4.69) is 15.3 Å². The molecular weight excluding hydrogens is 312 g/mol. The van der Waals surface area contributed by atoms with Gasteiger partial charge in [0.15, 0.2) is 5.16 Å². The van der Waals surface area contributed by atoms with Crippen molar-refractivity contribution in [1.82, 2.24) is 14.5 Å². The maximum atomic E-state index is 12.4. The lowest BCUT2D eigenvalue weighted by molar-refractivity contribution is 0.102. The molecule has 1 amide bonds. The predicted octanol–water partition coefficient (Wildman–Crippen LogP) is 2.39. The van der Waals surface area contributed by atoms with Crippen LogP contribution in [0.3, 0.4) is 0 Å². The number of aryl methyl sites for hydroxylation is 1. The third-order valence-electron chi connectivity index (χ3n) is 3.81. The fourth-order valence-electron chi connectivity index (χ4n) is 2.73. The van der Waals surface area contributed by atoms with Crippen molar-refractivity contribution in [3.63, 3.8) is 0 Å². The van der Waals surface area contributed by atoms with E-state index in [1.807, 2.05) is 31.2 Å². The van der Waals surface area contributed by atoms with Crippen LogP contribution in [0, 0.1) is 6.92 Å². The molecule has 0 saturated carbocycles. The number of hydrogen-bond donors (Lipinski definition) is 2. The Morgan fingerprint density at radius 1 is 1.39 bits per heavy atom. The summed E-state index contributed by atoms with van der Waals surface area (Å²) >= 11 is 1.53. The number of thioether (sulfide) groups is 1. The summed E-state index contributed by atoms with van der Waals surface area (Å²) in [5.41, 5.74) is 2.51. The van der Waals surface area contributed by atoms with Crippen LogP contribution in [-0.4, -0.2) is 26.2 Å². The summed E-state index contributed by atoms with van der Waals surface area (Å²) in [5.74, 6) is 0.387. The fourth-order valence-corrected chi connectivity index (χ4v) is 3.64. The molecule has 0 radical (unpaired) electrons. The lowest BCUT2D eigenvalue weighted by atomic mass is 10.2. The number of H-pyrrole nitrogens is 1. The van der Waals surface area contributed by atoms with E-state index in [4.69, 9.17) is 0 Å². The van der Waals surface area contributed by atoms with Crippen molar-refractivity contribution in [3.05, 3.63) is 52.1 Å². The van der Waals surface area contributed by atoms with E-state index in [1.54, 1.807) is 4.57 Å². The Kier molecular flexibility index (Phi) is 3.23. The van der Waals surface area contributed by atoms with Crippen molar-refractivity contribution in [2.45, 2.75) is 18.6 Å². The second kappa shape index (κ2) is 5.27. The normalized spacial score (nSPS) is 13.3. The van der Waals surface area contributed by atoms with Gasteiger partial charge in [-0.15, -0.1) is 0 Å². The van der Waals surface area contributed by atoms with Gasteiger partial charge in [-0.05, 0) is 31.2 Å². The topological polar surface area (TPSA) is 79.8 Å². The summed E-state index contributed by atoms with van der Waals surface area (Å²) in [6.07, 6.45) is 1.36. The van der Waals surface area contributed by atoms with Gasteiger partial charge in [0, 0.05) is 40.8 Å². The molecule has 0 spiro atoms. The van der Waals surface area contributed by atoms with Crippen LogP contribution in [0.5, 0.6) is 0 Å². The van der Waals surface area contributed by atoms with Crippen LogP contribution in [-0.2, 0) is 6.54 Å². The van der Waals surface area contributed by atoms with Crippen LogP contribution in [0.25, 0.3) is 10.9 Å². The molecule has 0 atom stereocenters. The van der Waals surface area contributed by atoms with E-state index in [0.717, 1.165) is 22.3 Å². The number of amides is 1. The molecule has 1 aliphatic heterocycles. The minimum atomic E-state index is -0.429. The number of nitrogens with one attached hydrogen (secondary N) is 2. The quantitative estimate of drug-likeness (QED) is 0.709. The van der Waals surface area contributed by atoms with E-state index >= 15 is 0 Å². The van der Waals surface area contributed by atoms with Crippen molar-refractivity contribution in [2.75, 3.05) is 11.1 Å². The highest BCUT2D eigenvalue weighted by molar-refractivity contribution is 7.99. The first kappa shape index (κ1) is 14.1. The molecule has 0 saturated heterocycles. The van der Waals surface area contributed by atoms with Gasteiger partial charge >= 0.3 is 0 Å². The summed E-state index contributed by atoms with van der Waals surface area (Å²) in [5, 5.41) is 4.47. The van der Waals surface area contributed by atoms with Crippen LogP contribution in [0.4, 0.5) is 5.69 Å². The third kappa shape index (κ3) is 2.43. The summed E-state index contributed by atoms with van der Waals surface area (Å²) in [6, 6.07) is 7.60. The Labute approximate surface area is 135 Å². The van der Waals surface area contributed by atoms with Gasteiger partial charge in [-0.2, -0.15) is 0 Å². The Morgan fingerprint density at radius 3 is 3.13 bits per heavy atom. The number of carbonyl (C=O) groups is 1. The van der Waals surface area contributed by atoms with E-state index in [9.17, 15) is 9.59 Å². The Balaban J connectivity index is 1.65. The molecule has 23 heavy (non-hydrogen) atoms. The van der Waals surface area contributed by atoms with Crippen LogP contribution in [0.2, 0.25) is 0 Å². The molecule has 2 aromatic heterocycles. The molecule has 1 aliphatic rings. The first-order valence-corrected chi connectivity index (χ1v) is 8.24. The predicted molar refractivity (Wildman–Crippen MR) is 90.2 cm³/mol. The minimum absolute atomic E-state index is 0.0709. The molecule has 0 unspecified atom stereocenters. The first-order chi connectivity index (χ1) is 11.1. The lowest BCUT2D eigenvalue weighted by Gasteiger charge is -2.07. The molecule has 3 aromatic rings. The minimum Gasteiger partial charge on any atom is -0.359 e. The van der Waals surface area contributed by atoms with E-state index in [0.29, 0.717) is 17.4 Å². The Morgan fingerprint density at radius 2 is 2.26 bits per heavy atom. The highest BCUT2D eigenvalue weighted by Crippen LogP contribution is 2.22. The summed E-state index contributed by atoms with van der Waals surface area (Å²) < 4.78 is 1.55. The van der Waals surface area contributed by atoms with Gasteiger partial charge in [0.05, 0.1) is 0 Å². The number of nitrogens with zero attached hydrogens (tertiary/aromatic N) is 2. The van der Waals surface area contributed by atoms with Crippen molar-refractivity contribution in [3.8, 4) is 0 Å². The number of benzene rings is 1. The number of hydrogen-bond acceptors (Lipinski definition) is 4. The number of aromatic nitrogens is 3. The van der Waals surface area contributed by atoms with E-state index in [1.165, 1.54) is 18.0 Å². The number of fused-ring (bicyclic) bond motifs is 2.